The number of anilines is 1. The van der Waals surface area contributed by atoms with Gasteiger partial charge >= 0.3 is 5.97 Å². The number of carboxylic acid groups (broad SMARTS) is 1. The molecule has 22 heavy (non-hydrogen) atoms. The van der Waals surface area contributed by atoms with Crippen molar-refractivity contribution in [3.8, 4) is 0 Å². The van der Waals surface area contributed by atoms with Crippen molar-refractivity contribution in [2.24, 2.45) is 0 Å². The standard InChI is InChI=1S/C15H19FN2O4/c1-3-18(4-2)14(20)8-7-13(19)17-12-6-5-10(15(21)22)9-11(12)16/h5-6,9H,3-4,7-8H2,1-2H3,(H,17,19)(H,21,22). The summed E-state index contributed by atoms with van der Waals surface area (Å²) in [6.45, 7) is 4.84. The van der Waals surface area contributed by atoms with Gasteiger partial charge in [-0.15, -0.1) is 0 Å². The second-order valence-electron chi connectivity index (χ2n) is 4.61. The molecule has 2 amide bonds. The molecule has 7 heteroatoms. The summed E-state index contributed by atoms with van der Waals surface area (Å²) in [6.07, 6.45) is -0.0161. The number of hydrogen-bond donors (Lipinski definition) is 2. The molecule has 120 valence electrons. The number of carbonyl (C=O) groups is 3. The van der Waals surface area contributed by atoms with Crippen molar-refractivity contribution in [1.82, 2.24) is 4.90 Å². The number of rotatable bonds is 7. The molecule has 0 saturated heterocycles. The van der Waals surface area contributed by atoms with Crippen molar-refractivity contribution < 1.29 is 23.9 Å². The topological polar surface area (TPSA) is 86.7 Å². The lowest BCUT2D eigenvalue weighted by atomic mass is 10.2. The molecular formula is C15H19FN2O4. The Morgan fingerprint density at radius 2 is 1.82 bits per heavy atom. The third kappa shape index (κ3) is 4.83. The van der Waals surface area contributed by atoms with Gasteiger partial charge in [0.25, 0.3) is 0 Å². The first-order valence-corrected chi connectivity index (χ1v) is 6.99. The van der Waals surface area contributed by atoms with E-state index < -0.39 is 17.7 Å². The normalized spacial score (nSPS) is 10.1. The Kier molecular flexibility index (Phi) is 6.49. The first-order valence-electron chi connectivity index (χ1n) is 6.99. The van der Waals surface area contributed by atoms with Crippen LogP contribution in [0.5, 0.6) is 0 Å². The Labute approximate surface area is 127 Å². The van der Waals surface area contributed by atoms with E-state index in [4.69, 9.17) is 5.11 Å². The van der Waals surface area contributed by atoms with Crippen LogP contribution in [-0.2, 0) is 9.59 Å². The quantitative estimate of drug-likeness (QED) is 0.807. The van der Waals surface area contributed by atoms with Crippen LogP contribution in [0.2, 0.25) is 0 Å². The number of carbonyl (C=O) groups excluding carboxylic acids is 2. The fourth-order valence-electron chi connectivity index (χ4n) is 1.92. The van der Waals surface area contributed by atoms with Gasteiger partial charge in [-0.2, -0.15) is 0 Å². The summed E-state index contributed by atoms with van der Waals surface area (Å²) in [4.78, 5) is 35.8. The van der Waals surface area contributed by atoms with Crippen molar-refractivity contribution in [3.63, 3.8) is 0 Å². The summed E-state index contributed by atoms with van der Waals surface area (Å²) < 4.78 is 13.7. The van der Waals surface area contributed by atoms with Gasteiger partial charge in [-0.05, 0) is 32.0 Å². The second kappa shape index (κ2) is 8.11. The molecule has 0 bridgehead atoms. The maximum atomic E-state index is 13.7. The zero-order valence-corrected chi connectivity index (χ0v) is 12.6. The van der Waals surface area contributed by atoms with Gasteiger partial charge in [0.1, 0.15) is 5.82 Å². The molecule has 0 saturated carbocycles. The van der Waals surface area contributed by atoms with Crippen molar-refractivity contribution in [3.05, 3.63) is 29.6 Å². The molecule has 1 aromatic carbocycles. The zero-order valence-electron chi connectivity index (χ0n) is 12.6. The maximum Gasteiger partial charge on any atom is 0.335 e. The van der Waals surface area contributed by atoms with Crippen LogP contribution in [0, 0.1) is 5.82 Å². The molecule has 0 spiro atoms. The third-order valence-corrected chi connectivity index (χ3v) is 3.17. The number of hydrogen-bond acceptors (Lipinski definition) is 3. The molecule has 0 aliphatic rings. The number of nitrogens with one attached hydrogen (secondary N) is 1. The maximum absolute atomic E-state index is 13.7. The van der Waals surface area contributed by atoms with Crippen LogP contribution >= 0.6 is 0 Å². The highest BCUT2D eigenvalue weighted by atomic mass is 19.1. The van der Waals surface area contributed by atoms with Crippen molar-refractivity contribution in [1.29, 1.82) is 0 Å². The number of halogens is 1. The molecule has 0 atom stereocenters. The van der Waals surface area contributed by atoms with Gasteiger partial charge in [0.05, 0.1) is 11.3 Å². The first kappa shape index (κ1) is 17.6. The lowest BCUT2D eigenvalue weighted by Crippen LogP contribution is -2.31. The van der Waals surface area contributed by atoms with Gasteiger partial charge < -0.3 is 15.3 Å². The molecule has 0 unspecified atom stereocenters. The summed E-state index contributed by atoms with van der Waals surface area (Å²) in [7, 11) is 0. The molecular weight excluding hydrogens is 291 g/mol. The van der Waals surface area contributed by atoms with Crippen LogP contribution in [0.25, 0.3) is 0 Å². The van der Waals surface area contributed by atoms with Gasteiger partial charge in [0.15, 0.2) is 0 Å². The molecule has 0 fully saturated rings. The second-order valence-corrected chi connectivity index (χ2v) is 4.61. The molecule has 0 heterocycles. The molecule has 2 N–H and O–H groups in total. The van der Waals surface area contributed by atoms with Crippen LogP contribution in [0.4, 0.5) is 10.1 Å². The van der Waals surface area contributed by atoms with Crippen LogP contribution in [-0.4, -0.2) is 40.9 Å². The van der Waals surface area contributed by atoms with Crippen LogP contribution < -0.4 is 5.32 Å². The first-order chi connectivity index (χ1) is 10.4. The predicted octanol–water partition coefficient (Wildman–Crippen LogP) is 2.11. The summed E-state index contributed by atoms with van der Waals surface area (Å²) in [6, 6.07) is 3.21. The van der Waals surface area contributed by atoms with E-state index in [2.05, 4.69) is 5.32 Å². The summed E-state index contributed by atoms with van der Waals surface area (Å²) in [5.74, 6) is -2.71. The minimum Gasteiger partial charge on any atom is -0.478 e. The third-order valence-electron chi connectivity index (χ3n) is 3.17. The minimum atomic E-state index is -1.25. The molecule has 0 aromatic heterocycles. The highest BCUT2D eigenvalue weighted by Crippen LogP contribution is 2.16. The predicted molar refractivity (Wildman–Crippen MR) is 79.2 cm³/mol. The monoisotopic (exact) mass is 310 g/mol. The number of benzene rings is 1. The largest absolute Gasteiger partial charge is 0.478 e. The summed E-state index contributed by atoms with van der Waals surface area (Å²) in [5, 5.41) is 11.1. The summed E-state index contributed by atoms with van der Waals surface area (Å²) in [5.41, 5.74) is -0.308. The Balaban J connectivity index is 2.59. The van der Waals surface area contributed by atoms with Crippen molar-refractivity contribution >= 4 is 23.5 Å². The van der Waals surface area contributed by atoms with E-state index in [-0.39, 0.29) is 30.0 Å². The van der Waals surface area contributed by atoms with E-state index in [9.17, 15) is 18.8 Å². The van der Waals surface area contributed by atoms with E-state index in [1.165, 1.54) is 12.1 Å². The van der Waals surface area contributed by atoms with Crippen molar-refractivity contribution in [2.75, 3.05) is 18.4 Å². The molecule has 1 aromatic rings. The van der Waals surface area contributed by atoms with Gasteiger partial charge in [0.2, 0.25) is 11.8 Å². The van der Waals surface area contributed by atoms with Crippen LogP contribution in [0.1, 0.15) is 37.0 Å². The summed E-state index contributed by atoms with van der Waals surface area (Å²) >= 11 is 0. The fraction of sp³-hybridized carbons (Fsp3) is 0.400. The van der Waals surface area contributed by atoms with E-state index in [0.29, 0.717) is 13.1 Å². The van der Waals surface area contributed by atoms with E-state index in [1.54, 1.807) is 4.90 Å². The molecule has 0 aliphatic heterocycles. The zero-order chi connectivity index (χ0) is 16.7. The number of carboxylic acids is 1. The highest BCUT2D eigenvalue weighted by Gasteiger charge is 2.14. The Bertz CT molecular complexity index is 571. The Hall–Kier alpha value is -2.44. The minimum absolute atomic E-state index is 0.0440. The lowest BCUT2D eigenvalue weighted by Gasteiger charge is -2.18. The van der Waals surface area contributed by atoms with Crippen LogP contribution in [0.15, 0.2) is 18.2 Å². The number of aromatic carboxylic acids is 1. The average Bonchev–Trinajstić information content (AvgIpc) is 2.48. The smallest absolute Gasteiger partial charge is 0.335 e. The van der Waals surface area contributed by atoms with Crippen LogP contribution in [0.3, 0.4) is 0 Å². The Morgan fingerprint density at radius 3 is 2.32 bits per heavy atom. The highest BCUT2D eigenvalue weighted by molar-refractivity contribution is 5.94. The number of amides is 2. The van der Waals surface area contributed by atoms with Gasteiger partial charge in [-0.25, -0.2) is 9.18 Å². The van der Waals surface area contributed by atoms with E-state index in [1.807, 2.05) is 13.8 Å². The molecule has 0 aliphatic carbocycles. The van der Waals surface area contributed by atoms with E-state index in [0.717, 1.165) is 6.07 Å². The number of nitrogens with zero attached hydrogens (tertiary/aromatic N) is 1. The average molecular weight is 310 g/mol. The fourth-order valence-corrected chi connectivity index (χ4v) is 1.92. The van der Waals surface area contributed by atoms with Gasteiger partial charge in [-0.3, -0.25) is 9.59 Å². The molecule has 6 nitrogen and oxygen atoms in total. The SMILES string of the molecule is CCN(CC)C(=O)CCC(=O)Nc1ccc(C(=O)O)cc1F. The van der Waals surface area contributed by atoms with Crippen molar-refractivity contribution in [2.45, 2.75) is 26.7 Å². The van der Waals surface area contributed by atoms with Gasteiger partial charge in [0, 0.05) is 25.9 Å². The van der Waals surface area contributed by atoms with Gasteiger partial charge in [-0.1, -0.05) is 0 Å². The Morgan fingerprint density at radius 1 is 1.18 bits per heavy atom. The molecule has 1 rings (SSSR count). The molecule has 0 radical (unpaired) electrons. The van der Waals surface area contributed by atoms with E-state index >= 15 is 0 Å². The lowest BCUT2D eigenvalue weighted by molar-refractivity contribution is -0.132.